The number of ether oxygens (including phenoxy) is 1. The smallest absolute Gasteiger partial charge is 0.412 e. The molecule has 1 fully saturated rings. The quantitative estimate of drug-likeness (QED) is 0.247. The van der Waals surface area contributed by atoms with Crippen molar-refractivity contribution in [2.75, 3.05) is 18.4 Å². The lowest BCUT2D eigenvalue weighted by Crippen LogP contribution is -2.33. The van der Waals surface area contributed by atoms with Gasteiger partial charge in [0.05, 0.1) is 6.54 Å². The standard InChI is InChI=1S/C35H51N3O4.BrH/c1-11-12-23-20-38(21-29(39)24-18-27(33(2,3)4)30(40)28(19-24)34(5,6)7)31(36)26(23)17-22-13-15-25(16-14-22)37-32(41)42-35(8,9)10;/h13-16,18-19,23,26,36,40H,11-12,17,20-21H2,1-10H3,(H,37,41);1H/t23-,26+;/m0./s1. The number of ketones is 1. The number of rotatable bonds is 8. The minimum Gasteiger partial charge on any atom is -0.507 e. The van der Waals surface area contributed by atoms with Gasteiger partial charge in [0.1, 0.15) is 17.2 Å². The molecule has 1 aliphatic rings. The van der Waals surface area contributed by atoms with Gasteiger partial charge >= 0.3 is 6.09 Å². The van der Waals surface area contributed by atoms with Gasteiger partial charge in [-0.05, 0) is 80.2 Å². The van der Waals surface area contributed by atoms with Gasteiger partial charge in [0.2, 0.25) is 0 Å². The fourth-order valence-electron chi connectivity index (χ4n) is 5.65. The molecule has 2 aromatic carbocycles. The van der Waals surface area contributed by atoms with Crippen molar-refractivity contribution in [2.45, 2.75) is 105 Å². The highest BCUT2D eigenvalue weighted by Gasteiger charge is 2.38. The van der Waals surface area contributed by atoms with Crippen LogP contribution in [0.2, 0.25) is 0 Å². The predicted octanol–water partition coefficient (Wildman–Crippen LogP) is 8.66. The number of amidine groups is 1. The number of phenols is 1. The third-order valence-electron chi connectivity index (χ3n) is 7.81. The van der Waals surface area contributed by atoms with Crippen LogP contribution < -0.4 is 5.32 Å². The molecule has 2 aromatic rings. The van der Waals surface area contributed by atoms with E-state index in [0.717, 1.165) is 29.5 Å². The molecule has 8 heteroatoms. The van der Waals surface area contributed by atoms with Crippen molar-refractivity contribution in [3.63, 3.8) is 0 Å². The van der Waals surface area contributed by atoms with Crippen LogP contribution >= 0.6 is 17.0 Å². The number of Topliss-reactive ketones (excluding diaryl/α,β-unsaturated/α-hetero) is 1. The first-order valence-electron chi connectivity index (χ1n) is 15.1. The largest absolute Gasteiger partial charge is 0.507 e. The molecule has 0 bridgehead atoms. The molecule has 0 aromatic heterocycles. The van der Waals surface area contributed by atoms with Crippen LogP contribution in [0.1, 0.15) is 109 Å². The first-order valence-corrected chi connectivity index (χ1v) is 15.1. The molecule has 0 saturated carbocycles. The molecule has 0 aliphatic carbocycles. The van der Waals surface area contributed by atoms with Crippen LogP contribution in [-0.2, 0) is 22.0 Å². The summed E-state index contributed by atoms with van der Waals surface area (Å²) in [5.41, 5.74) is 2.63. The van der Waals surface area contributed by atoms with Crippen molar-refractivity contribution < 1.29 is 19.4 Å². The molecule has 2 atom stereocenters. The fourth-order valence-corrected chi connectivity index (χ4v) is 5.65. The monoisotopic (exact) mass is 657 g/mol. The Hall–Kier alpha value is -2.87. The average Bonchev–Trinajstić information content (AvgIpc) is 3.11. The van der Waals surface area contributed by atoms with E-state index in [-0.39, 0.29) is 57.7 Å². The average molecular weight is 659 g/mol. The summed E-state index contributed by atoms with van der Waals surface area (Å²) in [5, 5.41) is 22.9. The van der Waals surface area contributed by atoms with Gasteiger partial charge < -0.3 is 14.7 Å². The van der Waals surface area contributed by atoms with Crippen molar-refractivity contribution in [3.8, 4) is 5.75 Å². The number of halogens is 1. The molecule has 3 rings (SSSR count). The maximum absolute atomic E-state index is 13.7. The van der Waals surface area contributed by atoms with Crippen molar-refractivity contribution in [1.82, 2.24) is 4.90 Å². The van der Waals surface area contributed by atoms with E-state index < -0.39 is 11.7 Å². The Morgan fingerprint density at radius 2 is 1.51 bits per heavy atom. The molecule has 1 saturated heterocycles. The third-order valence-corrected chi connectivity index (χ3v) is 7.81. The summed E-state index contributed by atoms with van der Waals surface area (Å²) in [6.07, 6.45) is 2.20. The van der Waals surface area contributed by atoms with E-state index in [4.69, 9.17) is 10.1 Å². The zero-order valence-electron chi connectivity index (χ0n) is 27.7. The second-order valence-electron chi connectivity index (χ2n) is 14.8. The summed E-state index contributed by atoms with van der Waals surface area (Å²) < 4.78 is 5.34. The molecule has 7 nitrogen and oxygen atoms in total. The van der Waals surface area contributed by atoms with Crippen LogP contribution in [0.15, 0.2) is 36.4 Å². The summed E-state index contributed by atoms with van der Waals surface area (Å²) >= 11 is 0. The van der Waals surface area contributed by atoms with Crippen molar-refractivity contribution >= 4 is 40.4 Å². The zero-order chi connectivity index (χ0) is 31.6. The van der Waals surface area contributed by atoms with Crippen molar-refractivity contribution in [3.05, 3.63) is 58.7 Å². The van der Waals surface area contributed by atoms with Crippen LogP contribution in [0.25, 0.3) is 0 Å². The van der Waals surface area contributed by atoms with E-state index in [1.54, 1.807) is 0 Å². The normalized spacial score (nSPS) is 17.4. The van der Waals surface area contributed by atoms with Crippen LogP contribution in [0.3, 0.4) is 0 Å². The van der Waals surface area contributed by atoms with E-state index in [1.807, 2.05) is 104 Å². The number of nitrogens with zero attached hydrogens (tertiary/aromatic N) is 1. The number of amides is 1. The molecular weight excluding hydrogens is 606 g/mol. The highest BCUT2D eigenvalue weighted by molar-refractivity contribution is 8.93. The van der Waals surface area contributed by atoms with E-state index in [2.05, 4.69) is 12.2 Å². The fraction of sp³-hybridized carbons (Fsp3) is 0.571. The minimum atomic E-state index is -0.569. The van der Waals surface area contributed by atoms with Crippen LogP contribution in [0.5, 0.6) is 5.75 Å². The number of benzene rings is 2. The number of hydrogen-bond acceptors (Lipinski definition) is 5. The summed E-state index contributed by atoms with van der Waals surface area (Å²) in [4.78, 5) is 27.8. The lowest BCUT2D eigenvalue weighted by atomic mass is 9.78. The summed E-state index contributed by atoms with van der Waals surface area (Å²) in [7, 11) is 0. The van der Waals surface area contributed by atoms with Gasteiger partial charge in [-0.15, -0.1) is 17.0 Å². The number of hydrogen-bond donors (Lipinski definition) is 3. The summed E-state index contributed by atoms with van der Waals surface area (Å²) in [5.74, 6) is 1.02. The Morgan fingerprint density at radius 1 is 0.977 bits per heavy atom. The van der Waals surface area contributed by atoms with Crippen LogP contribution in [-0.4, -0.2) is 46.4 Å². The Morgan fingerprint density at radius 3 is 1.98 bits per heavy atom. The first-order chi connectivity index (χ1) is 19.3. The van der Waals surface area contributed by atoms with Gasteiger partial charge in [-0.1, -0.05) is 67.0 Å². The highest BCUT2D eigenvalue weighted by atomic mass is 79.9. The van der Waals surface area contributed by atoms with E-state index >= 15 is 0 Å². The van der Waals surface area contributed by atoms with Crippen LogP contribution in [0, 0.1) is 17.2 Å². The number of nitrogens with one attached hydrogen (secondary N) is 2. The SMILES string of the molecule is Br.CCC[C@H]1CN(CC(=O)c2cc(C(C)(C)C)c(O)c(C(C)(C)C)c2)C(=N)[C@@H]1Cc1ccc(NC(=O)OC(C)(C)C)cc1. The molecule has 3 N–H and O–H groups in total. The number of anilines is 1. The van der Waals surface area contributed by atoms with E-state index in [9.17, 15) is 14.7 Å². The number of carbonyl (C=O) groups excluding carboxylic acids is 2. The first kappa shape index (κ1) is 36.3. The van der Waals surface area contributed by atoms with Gasteiger partial charge in [0.15, 0.2) is 5.78 Å². The Labute approximate surface area is 269 Å². The Bertz CT molecular complexity index is 1270. The van der Waals surface area contributed by atoms with Gasteiger partial charge in [-0.3, -0.25) is 15.5 Å². The van der Waals surface area contributed by atoms with Crippen LogP contribution in [0.4, 0.5) is 10.5 Å². The van der Waals surface area contributed by atoms with Crippen molar-refractivity contribution in [2.24, 2.45) is 11.8 Å². The molecule has 0 unspecified atom stereocenters. The lowest BCUT2D eigenvalue weighted by Gasteiger charge is -2.28. The Kier molecular flexibility index (Phi) is 11.7. The molecule has 43 heavy (non-hydrogen) atoms. The number of phenolic OH excluding ortho intramolecular Hbond substituents is 1. The minimum absolute atomic E-state index is 0. The zero-order valence-corrected chi connectivity index (χ0v) is 29.4. The number of likely N-dealkylation sites (tertiary alicyclic amines) is 1. The van der Waals surface area contributed by atoms with E-state index in [1.165, 1.54) is 0 Å². The third kappa shape index (κ3) is 9.56. The number of aromatic hydroxyl groups is 1. The molecule has 1 heterocycles. The molecule has 1 amide bonds. The van der Waals surface area contributed by atoms with Gasteiger partial charge in [0, 0.05) is 34.8 Å². The van der Waals surface area contributed by atoms with E-state index in [0.29, 0.717) is 30.1 Å². The molecule has 1 aliphatic heterocycles. The number of carbonyl (C=O) groups is 2. The van der Waals surface area contributed by atoms with Crippen molar-refractivity contribution in [1.29, 1.82) is 5.41 Å². The second-order valence-corrected chi connectivity index (χ2v) is 14.8. The predicted molar refractivity (Wildman–Crippen MR) is 181 cm³/mol. The van der Waals surface area contributed by atoms with Gasteiger partial charge in [-0.2, -0.15) is 0 Å². The van der Waals surface area contributed by atoms with Gasteiger partial charge in [-0.25, -0.2) is 4.79 Å². The molecule has 238 valence electrons. The summed E-state index contributed by atoms with van der Waals surface area (Å²) in [6, 6.07) is 11.3. The maximum Gasteiger partial charge on any atom is 0.412 e. The summed E-state index contributed by atoms with van der Waals surface area (Å²) in [6.45, 7) is 20.7. The Balaban J connectivity index is 0.00000645. The maximum atomic E-state index is 13.7. The van der Waals surface area contributed by atoms with Gasteiger partial charge in [0.25, 0.3) is 0 Å². The molecule has 0 radical (unpaired) electrons. The second kappa shape index (κ2) is 13.8. The topological polar surface area (TPSA) is 103 Å². The highest BCUT2D eigenvalue weighted by Crippen LogP contribution is 2.40. The molecule has 0 spiro atoms. The lowest BCUT2D eigenvalue weighted by molar-refractivity contribution is 0.0635. The molecular formula is C35H52BrN3O4.